The van der Waals surface area contributed by atoms with E-state index in [1.807, 2.05) is 0 Å². The van der Waals surface area contributed by atoms with Crippen molar-refractivity contribution in [2.24, 2.45) is 5.10 Å². The van der Waals surface area contributed by atoms with Crippen LogP contribution in [0.2, 0.25) is 0 Å². The molecule has 1 aliphatic heterocycles. The molecule has 0 aromatic carbocycles. The Balaban J connectivity index is 2.28. The summed E-state index contributed by atoms with van der Waals surface area (Å²) >= 11 is 0. The maximum absolute atomic E-state index is 5.24. The van der Waals surface area contributed by atoms with E-state index in [0.29, 0.717) is 6.04 Å². The average molecular weight is 240 g/mol. The Bertz CT molecular complexity index is 228. The van der Waals surface area contributed by atoms with E-state index in [2.05, 4.69) is 18.9 Å². The van der Waals surface area contributed by atoms with Crippen molar-refractivity contribution in [3.05, 3.63) is 0 Å². The van der Waals surface area contributed by atoms with Crippen LogP contribution in [0, 0.1) is 0 Å². The largest absolute Gasteiger partial charge is 0.382 e. The summed E-state index contributed by atoms with van der Waals surface area (Å²) in [5.74, 6) is 0. The van der Waals surface area contributed by atoms with E-state index in [-0.39, 0.29) is 0 Å². The summed E-state index contributed by atoms with van der Waals surface area (Å²) in [7, 11) is 1.78. The van der Waals surface area contributed by atoms with Crippen LogP contribution >= 0.6 is 0 Å². The topological polar surface area (TPSA) is 24.8 Å². The van der Waals surface area contributed by atoms with Crippen molar-refractivity contribution in [2.45, 2.75) is 64.8 Å². The number of nitrogens with zero attached hydrogens (tertiary/aromatic N) is 2. The zero-order valence-electron chi connectivity index (χ0n) is 11.7. The van der Waals surface area contributed by atoms with Gasteiger partial charge in [-0.05, 0) is 32.6 Å². The van der Waals surface area contributed by atoms with Crippen molar-refractivity contribution >= 4 is 5.71 Å². The van der Waals surface area contributed by atoms with Gasteiger partial charge in [-0.25, -0.2) is 0 Å². The molecule has 100 valence electrons. The van der Waals surface area contributed by atoms with Crippen LogP contribution in [-0.2, 0) is 4.74 Å². The van der Waals surface area contributed by atoms with Gasteiger partial charge in [0.2, 0.25) is 0 Å². The molecule has 0 bridgehead atoms. The monoisotopic (exact) mass is 240 g/mol. The third-order valence-electron chi connectivity index (χ3n) is 3.40. The molecule has 1 fully saturated rings. The highest BCUT2D eigenvalue weighted by Gasteiger charge is 2.22. The van der Waals surface area contributed by atoms with E-state index in [1.54, 1.807) is 7.11 Å². The molecule has 1 rings (SSSR count). The standard InChI is InChI=1S/C14H28N2O/c1-4-5-6-7-9-13(2)15-16-11-8-10-14(16)12-17-3/h14H,4-12H2,1-3H3. The van der Waals surface area contributed by atoms with Gasteiger partial charge in [0.1, 0.15) is 0 Å². The van der Waals surface area contributed by atoms with Crippen molar-refractivity contribution in [1.29, 1.82) is 0 Å². The van der Waals surface area contributed by atoms with Gasteiger partial charge in [0.25, 0.3) is 0 Å². The minimum atomic E-state index is 0.505. The highest BCUT2D eigenvalue weighted by Crippen LogP contribution is 2.18. The maximum atomic E-state index is 5.24. The summed E-state index contributed by atoms with van der Waals surface area (Å²) in [5.41, 5.74) is 1.28. The predicted molar refractivity (Wildman–Crippen MR) is 73.5 cm³/mol. The summed E-state index contributed by atoms with van der Waals surface area (Å²) in [4.78, 5) is 0. The lowest BCUT2D eigenvalue weighted by Crippen LogP contribution is -2.29. The Morgan fingerprint density at radius 2 is 2.18 bits per heavy atom. The summed E-state index contributed by atoms with van der Waals surface area (Å²) < 4.78 is 5.24. The molecule has 0 aromatic heterocycles. The van der Waals surface area contributed by atoms with Gasteiger partial charge in [0.05, 0.1) is 12.6 Å². The van der Waals surface area contributed by atoms with Crippen molar-refractivity contribution < 1.29 is 4.74 Å². The van der Waals surface area contributed by atoms with E-state index in [0.717, 1.165) is 19.6 Å². The molecule has 3 nitrogen and oxygen atoms in total. The quantitative estimate of drug-likeness (QED) is 0.479. The fraction of sp³-hybridized carbons (Fsp3) is 0.929. The van der Waals surface area contributed by atoms with E-state index < -0.39 is 0 Å². The van der Waals surface area contributed by atoms with Crippen LogP contribution in [0.5, 0.6) is 0 Å². The molecule has 0 amide bonds. The molecule has 0 N–H and O–H groups in total. The molecule has 0 aromatic rings. The molecule has 1 heterocycles. The predicted octanol–water partition coefficient (Wildman–Crippen LogP) is 3.44. The van der Waals surface area contributed by atoms with Crippen LogP contribution in [0.15, 0.2) is 5.10 Å². The normalized spacial score (nSPS) is 21.2. The van der Waals surface area contributed by atoms with Crippen molar-refractivity contribution in [1.82, 2.24) is 5.01 Å². The summed E-state index contributed by atoms with van der Waals surface area (Å²) in [6.07, 6.45) is 8.90. The number of hydrogen-bond acceptors (Lipinski definition) is 3. The van der Waals surface area contributed by atoms with Gasteiger partial charge >= 0.3 is 0 Å². The first kappa shape index (κ1) is 14.5. The molecule has 0 aliphatic carbocycles. The molecule has 1 saturated heterocycles. The number of methoxy groups -OCH3 is 1. The van der Waals surface area contributed by atoms with Crippen LogP contribution < -0.4 is 0 Å². The van der Waals surface area contributed by atoms with Crippen LogP contribution in [-0.4, -0.2) is 37.0 Å². The lowest BCUT2D eigenvalue weighted by molar-refractivity contribution is 0.117. The smallest absolute Gasteiger partial charge is 0.0704 e. The first-order valence-corrected chi connectivity index (χ1v) is 7.07. The van der Waals surface area contributed by atoms with E-state index in [9.17, 15) is 0 Å². The molecule has 0 radical (unpaired) electrons. The Hall–Kier alpha value is -0.570. The Labute approximate surface area is 106 Å². The van der Waals surface area contributed by atoms with E-state index in [1.165, 1.54) is 44.2 Å². The van der Waals surface area contributed by atoms with Crippen LogP contribution in [0.4, 0.5) is 0 Å². The lowest BCUT2D eigenvalue weighted by atomic mass is 10.1. The van der Waals surface area contributed by atoms with E-state index >= 15 is 0 Å². The molecule has 0 saturated carbocycles. The van der Waals surface area contributed by atoms with Crippen LogP contribution in [0.3, 0.4) is 0 Å². The summed E-state index contributed by atoms with van der Waals surface area (Å²) in [5, 5.41) is 6.98. The lowest BCUT2D eigenvalue weighted by Gasteiger charge is -2.21. The number of hydrogen-bond donors (Lipinski definition) is 0. The highest BCUT2D eigenvalue weighted by molar-refractivity contribution is 5.81. The number of unbranched alkanes of at least 4 members (excludes halogenated alkanes) is 3. The van der Waals surface area contributed by atoms with Gasteiger partial charge in [0, 0.05) is 19.4 Å². The molecule has 1 atom stereocenters. The second-order valence-corrected chi connectivity index (χ2v) is 5.06. The van der Waals surface area contributed by atoms with Crippen LogP contribution in [0.1, 0.15) is 58.8 Å². The molecular formula is C14H28N2O. The zero-order chi connectivity index (χ0) is 12.5. The molecule has 17 heavy (non-hydrogen) atoms. The number of ether oxygens (including phenoxy) is 1. The fourth-order valence-corrected chi connectivity index (χ4v) is 2.39. The third-order valence-corrected chi connectivity index (χ3v) is 3.40. The second kappa shape index (κ2) is 8.51. The molecule has 1 unspecified atom stereocenters. The summed E-state index contributed by atoms with van der Waals surface area (Å²) in [6.45, 7) is 6.32. The SMILES string of the molecule is CCCCCCC(C)=NN1CCCC1COC. The third kappa shape index (κ3) is 5.53. The number of rotatable bonds is 8. The minimum Gasteiger partial charge on any atom is -0.382 e. The van der Waals surface area contributed by atoms with Gasteiger partial charge in [-0.3, -0.25) is 5.01 Å². The second-order valence-electron chi connectivity index (χ2n) is 5.06. The number of hydrazone groups is 1. The van der Waals surface area contributed by atoms with Gasteiger partial charge in [-0.15, -0.1) is 0 Å². The maximum Gasteiger partial charge on any atom is 0.0704 e. The van der Waals surface area contributed by atoms with Gasteiger partial charge in [-0.1, -0.05) is 26.2 Å². The van der Waals surface area contributed by atoms with Crippen molar-refractivity contribution in [3.63, 3.8) is 0 Å². The summed E-state index contributed by atoms with van der Waals surface area (Å²) in [6, 6.07) is 0.505. The minimum absolute atomic E-state index is 0.505. The first-order chi connectivity index (χ1) is 8.27. The first-order valence-electron chi connectivity index (χ1n) is 7.07. The van der Waals surface area contributed by atoms with Gasteiger partial charge in [0.15, 0.2) is 0 Å². The van der Waals surface area contributed by atoms with E-state index in [4.69, 9.17) is 9.84 Å². The molecule has 3 heteroatoms. The Kier molecular flexibility index (Phi) is 7.25. The van der Waals surface area contributed by atoms with Gasteiger partial charge < -0.3 is 4.74 Å². The Morgan fingerprint density at radius 3 is 2.88 bits per heavy atom. The molecular weight excluding hydrogens is 212 g/mol. The molecule has 0 spiro atoms. The average Bonchev–Trinajstić information content (AvgIpc) is 2.73. The van der Waals surface area contributed by atoms with Crippen molar-refractivity contribution in [2.75, 3.05) is 20.3 Å². The fourth-order valence-electron chi connectivity index (χ4n) is 2.39. The Morgan fingerprint density at radius 1 is 1.35 bits per heavy atom. The zero-order valence-corrected chi connectivity index (χ0v) is 11.7. The highest BCUT2D eigenvalue weighted by atomic mass is 16.5. The van der Waals surface area contributed by atoms with Crippen molar-refractivity contribution in [3.8, 4) is 0 Å². The van der Waals surface area contributed by atoms with Crippen LogP contribution in [0.25, 0.3) is 0 Å². The molecule has 1 aliphatic rings. The van der Waals surface area contributed by atoms with Gasteiger partial charge in [-0.2, -0.15) is 5.10 Å².